The summed E-state index contributed by atoms with van der Waals surface area (Å²) in [5.74, 6) is 0. The van der Waals surface area contributed by atoms with Crippen LogP contribution in [0.25, 0.3) is 111 Å². The molecule has 12 aromatic rings. The van der Waals surface area contributed by atoms with E-state index < -0.39 is 29.0 Å². The zero-order valence-corrected chi connectivity index (χ0v) is 41.5. The molecule has 0 saturated heterocycles. The highest BCUT2D eigenvalue weighted by molar-refractivity contribution is 6.14. The molecule has 2 aromatic heterocycles. The van der Waals surface area contributed by atoms with Gasteiger partial charge < -0.3 is 9.13 Å². The van der Waals surface area contributed by atoms with Gasteiger partial charge in [-0.15, -0.1) is 0 Å². The first-order valence-electron chi connectivity index (χ1n) is 24.7. The van der Waals surface area contributed by atoms with E-state index >= 15 is 13.2 Å². The molecular formula is C67H33F6N7. The first-order chi connectivity index (χ1) is 38.7. The Kier molecular flexibility index (Phi) is 11.9. The minimum Gasteiger partial charge on any atom is -0.309 e. The number of benzene rings is 10. The van der Waals surface area contributed by atoms with Gasteiger partial charge in [0.1, 0.15) is 6.07 Å². The zero-order chi connectivity index (χ0) is 55.6. The molecule has 0 N–H and O–H groups in total. The first-order valence-corrected chi connectivity index (χ1v) is 24.7. The highest BCUT2D eigenvalue weighted by atomic mass is 19.4. The molecule has 0 fully saturated rings. The summed E-state index contributed by atoms with van der Waals surface area (Å²) in [6.07, 6.45) is -10.5. The zero-order valence-electron chi connectivity index (χ0n) is 41.5. The maximum absolute atomic E-state index is 15.7. The maximum Gasteiger partial charge on any atom is 0.417 e. The third-order valence-electron chi connectivity index (χ3n) is 14.6. The third kappa shape index (κ3) is 8.21. The van der Waals surface area contributed by atoms with E-state index in [9.17, 15) is 39.5 Å². The second-order valence-corrected chi connectivity index (χ2v) is 19.0. The Morgan fingerprint density at radius 3 is 0.950 bits per heavy atom. The summed E-state index contributed by atoms with van der Waals surface area (Å²) >= 11 is 0. The Morgan fingerprint density at radius 2 is 0.625 bits per heavy atom. The Morgan fingerprint density at radius 1 is 0.287 bits per heavy atom. The molecule has 0 aliphatic carbocycles. The second-order valence-electron chi connectivity index (χ2n) is 19.0. The van der Waals surface area contributed by atoms with Crippen molar-refractivity contribution in [3.63, 3.8) is 0 Å². The predicted molar refractivity (Wildman–Crippen MR) is 296 cm³/mol. The fourth-order valence-corrected chi connectivity index (χ4v) is 11.0. The first kappa shape index (κ1) is 49.7. The van der Waals surface area contributed by atoms with Crippen LogP contribution in [0.1, 0.15) is 38.9 Å². The van der Waals surface area contributed by atoms with Gasteiger partial charge in [-0.3, -0.25) is 0 Å². The molecule has 0 unspecified atom stereocenters. The van der Waals surface area contributed by atoms with Crippen molar-refractivity contribution in [3.8, 4) is 97.4 Å². The van der Waals surface area contributed by atoms with Gasteiger partial charge in [0.15, 0.2) is 0 Å². The number of aromatic nitrogens is 2. The number of alkyl halides is 6. The topological polar surface area (TPSA) is 129 Å². The Hall–Kier alpha value is -11.2. The number of rotatable bonds is 7. The summed E-state index contributed by atoms with van der Waals surface area (Å²) in [4.78, 5) is 0. The van der Waals surface area contributed by atoms with Gasteiger partial charge in [0.2, 0.25) is 0 Å². The van der Waals surface area contributed by atoms with Crippen molar-refractivity contribution in [1.82, 2.24) is 9.13 Å². The predicted octanol–water partition coefficient (Wildman–Crippen LogP) is 17.6. The number of nitriles is 5. The molecule has 2 heterocycles. The van der Waals surface area contributed by atoms with Crippen LogP contribution < -0.4 is 0 Å². The molecule has 0 aliphatic rings. The molecule has 0 aliphatic heterocycles. The van der Waals surface area contributed by atoms with E-state index in [0.717, 1.165) is 6.07 Å². The minimum atomic E-state index is -5.33. The lowest BCUT2D eigenvalue weighted by molar-refractivity contribution is -0.142. The molecule has 7 nitrogen and oxygen atoms in total. The van der Waals surface area contributed by atoms with E-state index in [1.54, 1.807) is 155 Å². The monoisotopic (exact) mass is 1050 g/mol. The normalized spacial score (nSPS) is 11.6. The molecule has 0 atom stereocenters. The average Bonchev–Trinajstić information content (AvgIpc) is 3.54. The summed E-state index contributed by atoms with van der Waals surface area (Å²) in [6.45, 7) is 0. The second kappa shape index (κ2) is 19.1. The van der Waals surface area contributed by atoms with Gasteiger partial charge >= 0.3 is 12.4 Å². The highest BCUT2D eigenvalue weighted by Gasteiger charge is 2.39. The van der Waals surface area contributed by atoms with Crippen LogP contribution in [0.15, 0.2) is 200 Å². The van der Waals surface area contributed by atoms with Gasteiger partial charge in [0.25, 0.3) is 0 Å². The Balaban J connectivity index is 1.21. The summed E-state index contributed by atoms with van der Waals surface area (Å²) in [5, 5.41) is 54.4. The van der Waals surface area contributed by atoms with Gasteiger partial charge in [-0.1, -0.05) is 103 Å². The standard InChI is InChI=1S/C67H33F6N7/c68-66(69,70)48-21-22-53(59(32-48)67(71,72)73)58-33-64(79-60-23-17-39(49-13-5-1-9-43(49)34-74)27-54(60)55-28-40(18-24-61(55)79)50-14-6-2-10-44(50)35-75)47(38-78)31-65(58)80-62-25-19-41(51-15-7-3-11-45(51)36-76)29-56(62)57-30-42(20-26-63(57)80)52-16-8-4-12-46(52)37-77/h1-33H. The minimum absolute atomic E-state index is 0.0186. The molecule has 80 heavy (non-hydrogen) atoms. The number of nitrogens with zero attached hydrogens (tertiary/aromatic N) is 7. The van der Waals surface area contributed by atoms with Crippen molar-refractivity contribution < 1.29 is 26.3 Å². The Bertz CT molecular complexity index is 4600. The summed E-state index contributed by atoms with van der Waals surface area (Å²) in [6, 6.07) is 65.4. The summed E-state index contributed by atoms with van der Waals surface area (Å²) < 4.78 is 93.9. The lowest BCUT2D eigenvalue weighted by Gasteiger charge is -2.22. The molecule has 13 heteroatoms. The lowest BCUT2D eigenvalue weighted by Crippen LogP contribution is -2.13. The third-order valence-corrected chi connectivity index (χ3v) is 14.6. The van der Waals surface area contributed by atoms with E-state index in [1.165, 1.54) is 12.1 Å². The number of hydrogen-bond donors (Lipinski definition) is 0. The molecular weight excluding hydrogens is 1020 g/mol. The van der Waals surface area contributed by atoms with Crippen LogP contribution in [0.3, 0.4) is 0 Å². The van der Waals surface area contributed by atoms with Crippen molar-refractivity contribution in [3.05, 3.63) is 239 Å². The molecule has 0 bridgehead atoms. The van der Waals surface area contributed by atoms with Crippen LogP contribution in [0.2, 0.25) is 0 Å². The Labute approximate surface area is 452 Å². The van der Waals surface area contributed by atoms with Crippen LogP contribution in [0, 0.1) is 56.7 Å². The molecule has 0 spiro atoms. The van der Waals surface area contributed by atoms with E-state index in [1.807, 2.05) is 24.3 Å². The molecule has 378 valence electrons. The lowest BCUT2D eigenvalue weighted by atomic mass is 9.93. The molecule has 12 rings (SSSR count). The largest absolute Gasteiger partial charge is 0.417 e. The molecule has 0 saturated carbocycles. The average molecular weight is 1050 g/mol. The van der Waals surface area contributed by atoms with Gasteiger partial charge in [-0.25, -0.2) is 0 Å². The van der Waals surface area contributed by atoms with Crippen molar-refractivity contribution in [2.45, 2.75) is 12.4 Å². The van der Waals surface area contributed by atoms with Crippen LogP contribution in [0.4, 0.5) is 26.3 Å². The van der Waals surface area contributed by atoms with Crippen molar-refractivity contribution >= 4 is 43.6 Å². The summed E-state index contributed by atoms with van der Waals surface area (Å²) in [7, 11) is 0. The highest BCUT2D eigenvalue weighted by Crippen LogP contribution is 2.48. The van der Waals surface area contributed by atoms with Gasteiger partial charge in [0, 0.05) is 27.1 Å². The number of fused-ring (bicyclic) bond motifs is 6. The van der Waals surface area contributed by atoms with Crippen molar-refractivity contribution in [2.75, 3.05) is 0 Å². The van der Waals surface area contributed by atoms with Gasteiger partial charge in [0.05, 0.1) is 96.7 Å². The fraction of sp³-hybridized carbons (Fsp3) is 0.0299. The van der Waals surface area contributed by atoms with Crippen molar-refractivity contribution in [1.29, 1.82) is 26.3 Å². The van der Waals surface area contributed by atoms with E-state index in [4.69, 9.17) is 0 Å². The number of hydrogen-bond acceptors (Lipinski definition) is 5. The van der Waals surface area contributed by atoms with E-state index in [2.05, 4.69) is 30.3 Å². The quantitative estimate of drug-likeness (QED) is 0.147. The smallest absolute Gasteiger partial charge is 0.309 e. The molecule has 0 radical (unpaired) electrons. The molecule has 0 amide bonds. The van der Waals surface area contributed by atoms with Crippen LogP contribution in [0.5, 0.6) is 0 Å². The van der Waals surface area contributed by atoms with Crippen LogP contribution in [-0.4, -0.2) is 9.13 Å². The van der Waals surface area contributed by atoms with Gasteiger partial charge in [-0.2, -0.15) is 52.7 Å². The van der Waals surface area contributed by atoms with E-state index in [-0.39, 0.29) is 28.6 Å². The summed E-state index contributed by atoms with van der Waals surface area (Å²) in [5.41, 5.74) is 4.75. The SMILES string of the molecule is N#Cc1ccccc1-c1ccc2c(c1)c1cc(-c3ccccc3C#N)ccc1n2-c1cc(-c2ccc(C(F)(F)F)cc2C(F)(F)F)c(-n2c3ccc(-c4ccccc4C#N)cc3c3cc(-c4ccccc4C#N)ccc32)cc1C#N. The van der Waals surface area contributed by atoms with Gasteiger partial charge in [-0.05, 0) is 147 Å². The van der Waals surface area contributed by atoms with Crippen LogP contribution in [-0.2, 0) is 12.4 Å². The molecule has 10 aromatic carbocycles. The maximum atomic E-state index is 15.7. The van der Waals surface area contributed by atoms with Crippen molar-refractivity contribution in [2.24, 2.45) is 0 Å². The fourth-order valence-electron chi connectivity index (χ4n) is 11.0. The number of halogens is 6. The van der Waals surface area contributed by atoms with E-state index in [0.29, 0.717) is 116 Å². The van der Waals surface area contributed by atoms with Crippen LogP contribution >= 0.6 is 0 Å².